The van der Waals surface area contributed by atoms with Crippen LogP contribution in [0.1, 0.15) is 24.8 Å². The number of halogens is 1. The Morgan fingerprint density at radius 3 is 2.95 bits per heavy atom. The average molecular weight is 347 g/mol. The van der Waals surface area contributed by atoms with Crippen molar-refractivity contribution in [2.24, 2.45) is 0 Å². The Hall–Kier alpha value is -0.430. The first-order valence-electron chi connectivity index (χ1n) is 6.48. The van der Waals surface area contributed by atoms with Crippen LogP contribution in [-0.4, -0.2) is 27.5 Å². The molecule has 106 valence electrons. The van der Waals surface area contributed by atoms with Gasteiger partial charge in [0.2, 0.25) is 10.0 Å². The Bertz CT molecular complexity index is 540. The number of benzene rings is 1. The fourth-order valence-electron chi connectivity index (χ4n) is 2.31. The summed E-state index contributed by atoms with van der Waals surface area (Å²) in [4.78, 5) is 0.348. The number of sulfonamides is 1. The number of nitrogens with one attached hydrogen (secondary N) is 2. The lowest BCUT2D eigenvalue weighted by Crippen LogP contribution is -2.31. The Balaban J connectivity index is 1.99. The molecule has 2 N–H and O–H groups in total. The third kappa shape index (κ3) is 4.02. The number of rotatable bonds is 5. The molecule has 1 atom stereocenters. The summed E-state index contributed by atoms with van der Waals surface area (Å²) in [6.45, 7) is 3.33. The van der Waals surface area contributed by atoms with Crippen molar-refractivity contribution in [2.75, 3.05) is 13.1 Å². The molecule has 1 aliphatic heterocycles. The first-order chi connectivity index (χ1) is 8.99. The van der Waals surface area contributed by atoms with Crippen molar-refractivity contribution in [1.29, 1.82) is 0 Å². The molecular formula is C13H19BrN2O2S. The zero-order valence-electron chi connectivity index (χ0n) is 10.9. The van der Waals surface area contributed by atoms with Gasteiger partial charge in [0.05, 0.1) is 4.90 Å². The van der Waals surface area contributed by atoms with Gasteiger partial charge in [-0.05, 0) is 50.4 Å². The predicted octanol–water partition coefficient (Wildman–Crippen LogP) is 2.18. The summed E-state index contributed by atoms with van der Waals surface area (Å²) in [5.74, 6) is 0. The minimum absolute atomic E-state index is 0.348. The molecule has 6 heteroatoms. The normalized spacial score (nSPS) is 19.8. The van der Waals surface area contributed by atoms with Crippen LogP contribution in [0, 0.1) is 6.92 Å². The zero-order valence-corrected chi connectivity index (χ0v) is 13.4. The minimum Gasteiger partial charge on any atom is -0.314 e. The highest BCUT2D eigenvalue weighted by atomic mass is 79.9. The van der Waals surface area contributed by atoms with Crippen LogP contribution < -0.4 is 10.0 Å². The molecule has 0 spiro atoms. The third-order valence-corrected chi connectivity index (χ3v) is 5.48. The molecule has 1 unspecified atom stereocenters. The molecular weight excluding hydrogens is 328 g/mol. The zero-order chi connectivity index (χ0) is 13.9. The van der Waals surface area contributed by atoms with Crippen molar-refractivity contribution in [2.45, 2.75) is 37.1 Å². The summed E-state index contributed by atoms with van der Waals surface area (Å²) in [6.07, 6.45) is 3.16. The number of hydrogen-bond donors (Lipinski definition) is 2. The molecule has 0 saturated carbocycles. The maximum atomic E-state index is 12.2. The van der Waals surface area contributed by atoms with Gasteiger partial charge in [-0.2, -0.15) is 0 Å². The van der Waals surface area contributed by atoms with Crippen molar-refractivity contribution >= 4 is 26.0 Å². The first-order valence-corrected chi connectivity index (χ1v) is 8.76. The van der Waals surface area contributed by atoms with E-state index < -0.39 is 10.0 Å². The van der Waals surface area contributed by atoms with Gasteiger partial charge in [0.25, 0.3) is 0 Å². The van der Waals surface area contributed by atoms with E-state index in [0.29, 0.717) is 17.5 Å². The molecule has 1 aromatic rings. The first kappa shape index (κ1) is 15.0. The van der Waals surface area contributed by atoms with Crippen LogP contribution >= 0.6 is 15.9 Å². The Labute approximate surface area is 123 Å². The number of hydrogen-bond acceptors (Lipinski definition) is 3. The van der Waals surface area contributed by atoms with Crippen molar-refractivity contribution in [3.8, 4) is 0 Å². The fraction of sp³-hybridized carbons (Fsp3) is 0.538. The van der Waals surface area contributed by atoms with Gasteiger partial charge in [-0.3, -0.25) is 0 Å². The van der Waals surface area contributed by atoms with Crippen LogP contribution in [0.25, 0.3) is 0 Å². The van der Waals surface area contributed by atoms with Gasteiger partial charge in [-0.1, -0.05) is 22.0 Å². The van der Waals surface area contributed by atoms with Gasteiger partial charge in [-0.25, -0.2) is 13.1 Å². The second-order valence-corrected chi connectivity index (χ2v) is 7.54. The summed E-state index contributed by atoms with van der Waals surface area (Å²) in [7, 11) is -3.41. The maximum absolute atomic E-state index is 12.2. The lowest BCUT2D eigenvalue weighted by molar-refractivity contribution is 0.539. The van der Waals surface area contributed by atoms with Gasteiger partial charge < -0.3 is 5.32 Å². The quantitative estimate of drug-likeness (QED) is 0.858. The summed E-state index contributed by atoms with van der Waals surface area (Å²) in [5.41, 5.74) is 0.759. The molecule has 0 bridgehead atoms. The van der Waals surface area contributed by atoms with Crippen molar-refractivity contribution < 1.29 is 8.42 Å². The molecule has 4 nitrogen and oxygen atoms in total. The van der Waals surface area contributed by atoms with Crippen molar-refractivity contribution in [3.05, 3.63) is 28.2 Å². The second-order valence-electron chi connectivity index (χ2n) is 4.89. The van der Waals surface area contributed by atoms with E-state index in [-0.39, 0.29) is 0 Å². The monoisotopic (exact) mass is 346 g/mol. The third-order valence-electron chi connectivity index (χ3n) is 3.39. The highest BCUT2D eigenvalue weighted by Crippen LogP contribution is 2.20. The average Bonchev–Trinajstić information content (AvgIpc) is 2.85. The van der Waals surface area contributed by atoms with Crippen LogP contribution in [0.4, 0.5) is 0 Å². The van der Waals surface area contributed by atoms with Crippen LogP contribution in [0.5, 0.6) is 0 Å². The van der Waals surface area contributed by atoms with Gasteiger partial charge in [0, 0.05) is 17.1 Å². The molecule has 0 amide bonds. The van der Waals surface area contributed by atoms with E-state index >= 15 is 0 Å². The summed E-state index contributed by atoms with van der Waals surface area (Å²) in [6, 6.07) is 5.74. The lowest BCUT2D eigenvalue weighted by atomic mass is 10.2. The van der Waals surface area contributed by atoms with E-state index in [0.717, 1.165) is 29.4 Å². The van der Waals surface area contributed by atoms with Crippen LogP contribution in [0.2, 0.25) is 0 Å². The standard InChI is InChI=1S/C13H19BrN2O2S/c1-10-4-5-11(14)9-13(10)19(17,18)16-8-6-12-3-2-7-15-12/h4-5,9,12,15-16H,2-3,6-8H2,1H3. The van der Waals surface area contributed by atoms with E-state index in [2.05, 4.69) is 26.0 Å². The Morgan fingerprint density at radius 1 is 1.47 bits per heavy atom. The molecule has 1 aromatic carbocycles. The Kier molecular flexibility index (Phi) is 5.00. The van der Waals surface area contributed by atoms with Gasteiger partial charge in [0.1, 0.15) is 0 Å². The molecule has 1 fully saturated rings. The van der Waals surface area contributed by atoms with Crippen molar-refractivity contribution in [1.82, 2.24) is 10.0 Å². The fourth-order valence-corrected chi connectivity index (χ4v) is 4.14. The van der Waals surface area contributed by atoms with E-state index in [9.17, 15) is 8.42 Å². The molecule has 19 heavy (non-hydrogen) atoms. The van der Waals surface area contributed by atoms with Gasteiger partial charge in [0.15, 0.2) is 0 Å². The highest BCUT2D eigenvalue weighted by molar-refractivity contribution is 9.10. The Morgan fingerprint density at radius 2 is 2.26 bits per heavy atom. The smallest absolute Gasteiger partial charge is 0.240 e. The van der Waals surface area contributed by atoms with E-state index in [1.165, 1.54) is 6.42 Å². The van der Waals surface area contributed by atoms with Gasteiger partial charge in [-0.15, -0.1) is 0 Å². The van der Waals surface area contributed by atoms with E-state index in [1.54, 1.807) is 19.1 Å². The van der Waals surface area contributed by atoms with Crippen molar-refractivity contribution in [3.63, 3.8) is 0 Å². The van der Waals surface area contributed by atoms with E-state index in [4.69, 9.17) is 0 Å². The predicted molar refractivity (Wildman–Crippen MR) is 79.7 cm³/mol. The lowest BCUT2D eigenvalue weighted by Gasteiger charge is -2.12. The molecule has 1 saturated heterocycles. The van der Waals surface area contributed by atoms with Crippen LogP contribution in [0.15, 0.2) is 27.6 Å². The molecule has 0 aliphatic carbocycles. The highest BCUT2D eigenvalue weighted by Gasteiger charge is 2.18. The summed E-state index contributed by atoms with van der Waals surface area (Å²) in [5, 5.41) is 3.36. The summed E-state index contributed by atoms with van der Waals surface area (Å²) < 4.78 is 27.9. The maximum Gasteiger partial charge on any atom is 0.240 e. The largest absolute Gasteiger partial charge is 0.314 e. The molecule has 0 radical (unpaired) electrons. The molecule has 0 aromatic heterocycles. The second kappa shape index (κ2) is 6.35. The topological polar surface area (TPSA) is 58.2 Å². The van der Waals surface area contributed by atoms with E-state index in [1.807, 2.05) is 6.07 Å². The molecule has 1 heterocycles. The molecule has 2 rings (SSSR count). The van der Waals surface area contributed by atoms with Gasteiger partial charge >= 0.3 is 0 Å². The number of aryl methyl sites for hydroxylation is 1. The van der Waals surface area contributed by atoms with Crippen LogP contribution in [-0.2, 0) is 10.0 Å². The summed E-state index contributed by atoms with van der Waals surface area (Å²) >= 11 is 3.31. The molecule has 1 aliphatic rings. The van der Waals surface area contributed by atoms with Crippen LogP contribution in [0.3, 0.4) is 0 Å². The minimum atomic E-state index is -3.41. The SMILES string of the molecule is Cc1ccc(Br)cc1S(=O)(=O)NCCC1CCCN1.